The molecule has 0 aromatic carbocycles. The second-order valence-electron chi connectivity index (χ2n) is 4.42. The Labute approximate surface area is 94.7 Å². The molecule has 1 aliphatic rings. The number of nitrogens with zero attached hydrogens (tertiary/aromatic N) is 3. The van der Waals surface area contributed by atoms with Crippen molar-refractivity contribution in [3.8, 4) is 0 Å². The molecule has 0 amide bonds. The van der Waals surface area contributed by atoms with Crippen molar-refractivity contribution in [1.82, 2.24) is 15.1 Å². The third-order valence-electron chi connectivity index (χ3n) is 3.41. The second kappa shape index (κ2) is 4.45. The predicted octanol–water partition coefficient (Wildman–Crippen LogP) is 1.82. The van der Waals surface area contributed by atoms with Crippen LogP contribution in [0.4, 0.5) is 5.13 Å². The van der Waals surface area contributed by atoms with Crippen LogP contribution in [0.5, 0.6) is 0 Å². The standard InChI is InChI=1S/C10H18N4S/c1-14(2)10(5-3-4-6-10)7-11-9-13-12-8-15-9/h8H,3-7H2,1-2H3,(H,11,13). The van der Waals surface area contributed by atoms with Gasteiger partial charge in [-0.25, -0.2) is 0 Å². The van der Waals surface area contributed by atoms with Crippen LogP contribution in [-0.2, 0) is 0 Å². The van der Waals surface area contributed by atoms with E-state index < -0.39 is 0 Å². The molecule has 15 heavy (non-hydrogen) atoms. The summed E-state index contributed by atoms with van der Waals surface area (Å²) in [5.41, 5.74) is 2.09. The Balaban J connectivity index is 1.96. The average Bonchev–Trinajstić information content (AvgIpc) is 2.87. The predicted molar refractivity (Wildman–Crippen MR) is 63.3 cm³/mol. The summed E-state index contributed by atoms with van der Waals surface area (Å²) in [6, 6.07) is 0. The fraction of sp³-hybridized carbons (Fsp3) is 0.800. The van der Waals surface area contributed by atoms with Crippen molar-refractivity contribution in [2.45, 2.75) is 31.2 Å². The third-order valence-corrected chi connectivity index (χ3v) is 4.06. The van der Waals surface area contributed by atoms with Crippen molar-refractivity contribution >= 4 is 16.5 Å². The smallest absolute Gasteiger partial charge is 0.205 e. The second-order valence-corrected chi connectivity index (χ2v) is 5.26. The van der Waals surface area contributed by atoms with Crippen LogP contribution < -0.4 is 5.32 Å². The van der Waals surface area contributed by atoms with E-state index in [1.807, 2.05) is 0 Å². The zero-order chi connectivity index (χ0) is 10.7. The maximum Gasteiger partial charge on any atom is 0.205 e. The number of aromatic nitrogens is 2. The number of hydrogen-bond donors (Lipinski definition) is 1. The first-order chi connectivity index (χ1) is 7.23. The van der Waals surface area contributed by atoms with Gasteiger partial charge >= 0.3 is 0 Å². The van der Waals surface area contributed by atoms with Crippen LogP contribution in [0.25, 0.3) is 0 Å². The highest BCUT2D eigenvalue weighted by molar-refractivity contribution is 7.13. The lowest BCUT2D eigenvalue weighted by atomic mass is 9.96. The van der Waals surface area contributed by atoms with Gasteiger partial charge in [0.25, 0.3) is 0 Å². The van der Waals surface area contributed by atoms with Crippen molar-refractivity contribution in [2.24, 2.45) is 0 Å². The molecule has 1 N–H and O–H groups in total. The molecule has 1 heterocycles. The van der Waals surface area contributed by atoms with Gasteiger partial charge in [0.1, 0.15) is 5.51 Å². The first kappa shape index (κ1) is 10.8. The molecule has 0 saturated heterocycles. The van der Waals surface area contributed by atoms with E-state index in [4.69, 9.17) is 0 Å². The largest absolute Gasteiger partial charge is 0.358 e. The monoisotopic (exact) mass is 226 g/mol. The third kappa shape index (κ3) is 2.29. The van der Waals surface area contributed by atoms with Crippen molar-refractivity contribution in [2.75, 3.05) is 26.0 Å². The molecule has 84 valence electrons. The van der Waals surface area contributed by atoms with Crippen LogP contribution >= 0.6 is 11.3 Å². The highest BCUT2D eigenvalue weighted by atomic mass is 32.1. The lowest BCUT2D eigenvalue weighted by molar-refractivity contribution is 0.172. The minimum Gasteiger partial charge on any atom is -0.358 e. The first-order valence-corrected chi connectivity index (χ1v) is 6.28. The highest BCUT2D eigenvalue weighted by Gasteiger charge is 2.35. The topological polar surface area (TPSA) is 41.0 Å². The Morgan fingerprint density at radius 2 is 2.20 bits per heavy atom. The van der Waals surface area contributed by atoms with Crippen LogP contribution in [0, 0.1) is 0 Å². The van der Waals surface area contributed by atoms with Crippen LogP contribution in [0.15, 0.2) is 5.51 Å². The van der Waals surface area contributed by atoms with Gasteiger partial charge in [0.2, 0.25) is 5.13 Å². The van der Waals surface area contributed by atoms with Crippen LogP contribution in [0.1, 0.15) is 25.7 Å². The van der Waals surface area contributed by atoms with Gasteiger partial charge in [-0.3, -0.25) is 0 Å². The summed E-state index contributed by atoms with van der Waals surface area (Å²) in [5.74, 6) is 0. The fourth-order valence-electron chi connectivity index (χ4n) is 2.31. The van der Waals surface area contributed by atoms with E-state index in [2.05, 4.69) is 34.5 Å². The number of anilines is 1. The summed E-state index contributed by atoms with van der Waals surface area (Å²) in [6.07, 6.45) is 5.25. The quantitative estimate of drug-likeness (QED) is 0.850. The van der Waals surface area contributed by atoms with Gasteiger partial charge < -0.3 is 10.2 Å². The molecule has 0 aliphatic heterocycles. The van der Waals surface area contributed by atoms with E-state index in [0.717, 1.165) is 11.7 Å². The van der Waals surface area contributed by atoms with Gasteiger partial charge in [0.15, 0.2) is 0 Å². The van der Waals surface area contributed by atoms with Gasteiger partial charge in [-0.2, -0.15) is 0 Å². The molecule has 0 atom stereocenters. The summed E-state index contributed by atoms with van der Waals surface area (Å²) < 4.78 is 0. The van der Waals surface area contributed by atoms with Crippen molar-refractivity contribution in [3.63, 3.8) is 0 Å². The van der Waals surface area contributed by atoms with Crippen molar-refractivity contribution in [1.29, 1.82) is 0 Å². The van der Waals surface area contributed by atoms with E-state index in [1.165, 1.54) is 25.7 Å². The summed E-state index contributed by atoms with van der Waals surface area (Å²) in [4.78, 5) is 2.36. The molecular formula is C10H18N4S. The van der Waals surface area contributed by atoms with Gasteiger partial charge in [-0.05, 0) is 26.9 Å². The van der Waals surface area contributed by atoms with Crippen molar-refractivity contribution in [3.05, 3.63) is 5.51 Å². The molecule has 0 unspecified atom stereocenters. The Morgan fingerprint density at radius 3 is 2.73 bits per heavy atom. The van der Waals surface area contributed by atoms with E-state index in [-0.39, 0.29) is 0 Å². The number of rotatable bonds is 4. The van der Waals surface area contributed by atoms with Gasteiger partial charge in [0, 0.05) is 12.1 Å². The van der Waals surface area contributed by atoms with E-state index >= 15 is 0 Å². The molecule has 0 spiro atoms. The summed E-state index contributed by atoms with van der Waals surface area (Å²) in [6.45, 7) is 0.981. The van der Waals surface area contributed by atoms with E-state index in [1.54, 1.807) is 16.8 Å². The Morgan fingerprint density at radius 1 is 1.47 bits per heavy atom. The lowest BCUT2D eigenvalue weighted by Crippen LogP contribution is -2.47. The number of likely N-dealkylation sites (N-methyl/N-ethyl adjacent to an activating group) is 1. The first-order valence-electron chi connectivity index (χ1n) is 5.40. The molecule has 1 aliphatic carbocycles. The normalized spacial score (nSPS) is 19.7. The fourth-order valence-corrected chi connectivity index (χ4v) is 2.75. The summed E-state index contributed by atoms with van der Waals surface area (Å²) in [7, 11) is 4.35. The molecule has 1 fully saturated rings. The van der Waals surface area contributed by atoms with Gasteiger partial charge in [-0.15, -0.1) is 10.2 Å². The maximum absolute atomic E-state index is 4.01. The SMILES string of the molecule is CN(C)C1(CNc2nncs2)CCCC1. The van der Waals surface area contributed by atoms with Crippen LogP contribution in [0.2, 0.25) is 0 Å². The van der Waals surface area contributed by atoms with E-state index in [9.17, 15) is 0 Å². The van der Waals surface area contributed by atoms with Crippen LogP contribution in [0.3, 0.4) is 0 Å². The Kier molecular flexibility index (Phi) is 3.21. The molecule has 1 aromatic heterocycles. The molecule has 1 aromatic rings. The lowest BCUT2D eigenvalue weighted by Gasteiger charge is -2.36. The maximum atomic E-state index is 4.01. The van der Waals surface area contributed by atoms with Crippen molar-refractivity contribution < 1.29 is 0 Å². The Hall–Kier alpha value is -0.680. The minimum atomic E-state index is 0.325. The summed E-state index contributed by atoms with van der Waals surface area (Å²) >= 11 is 1.56. The summed E-state index contributed by atoms with van der Waals surface area (Å²) in [5, 5.41) is 12.2. The molecule has 2 rings (SSSR count). The van der Waals surface area contributed by atoms with Gasteiger partial charge in [0.05, 0.1) is 0 Å². The number of nitrogens with one attached hydrogen (secondary N) is 1. The number of hydrogen-bond acceptors (Lipinski definition) is 5. The Bertz CT molecular complexity index is 290. The molecule has 1 saturated carbocycles. The highest BCUT2D eigenvalue weighted by Crippen LogP contribution is 2.33. The molecule has 4 nitrogen and oxygen atoms in total. The van der Waals surface area contributed by atoms with Crippen LogP contribution in [-0.4, -0.2) is 41.3 Å². The molecule has 5 heteroatoms. The van der Waals surface area contributed by atoms with E-state index in [0.29, 0.717) is 5.54 Å². The molecule has 0 radical (unpaired) electrons. The van der Waals surface area contributed by atoms with Gasteiger partial charge in [-0.1, -0.05) is 24.2 Å². The minimum absolute atomic E-state index is 0.325. The zero-order valence-electron chi connectivity index (χ0n) is 9.36. The zero-order valence-corrected chi connectivity index (χ0v) is 10.2. The molecular weight excluding hydrogens is 208 g/mol. The molecule has 0 bridgehead atoms. The average molecular weight is 226 g/mol.